The van der Waals surface area contributed by atoms with Crippen molar-refractivity contribution < 1.29 is 4.42 Å². The van der Waals surface area contributed by atoms with Gasteiger partial charge in [-0.15, -0.1) is 0 Å². The maximum atomic E-state index is 6.43. The van der Waals surface area contributed by atoms with Crippen molar-refractivity contribution in [2.24, 2.45) is 0 Å². The molecule has 13 rings (SSSR count). The molecule has 0 amide bonds. The van der Waals surface area contributed by atoms with E-state index in [-0.39, 0.29) is 0 Å². The summed E-state index contributed by atoms with van der Waals surface area (Å²) in [7, 11) is 0. The minimum atomic E-state index is 0.616. The fraction of sp³-hybridized carbons (Fsp3) is 0.0167. The summed E-state index contributed by atoms with van der Waals surface area (Å²) >= 11 is 0. The van der Waals surface area contributed by atoms with E-state index in [9.17, 15) is 0 Å². The molecule has 0 aliphatic heterocycles. The van der Waals surface area contributed by atoms with E-state index in [0.717, 1.165) is 89.0 Å². The third-order valence-corrected chi connectivity index (χ3v) is 13.0. The van der Waals surface area contributed by atoms with Gasteiger partial charge in [-0.05, 0) is 102 Å². The van der Waals surface area contributed by atoms with Gasteiger partial charge in [0.05, 0.1) is 0 Å². The van der Waals surface area contributed by atoms with E-state index in [1.165, 1.54) is 33.2 Å². The Morgan fingerprint density at radius 1 is 0.312 bits per heavy atom. The highest BCUT2D eigenvalue weighted by atomic mass is 16.3. The molecule has 4 heteroatoms. The van der Waals surface area contributed by atoms with Gasteiger partial charge in [-0.1, -0.05) is 188 Å². The molecule has 1 aliphatic rings. The van der Waals surface area contributed by atoms with Crippen molar-refractivity contribution in [1.82, 2.24) is 15.0 Å². The molecule has 10 aromatic carbocycles. The molecule has 0 spiro atoms. The van der Waals surface area contributed by atoms with Crippen LogP contribution in [0.4, 0.5) is 0 Å². The fourth-order valence-electron chi connectivity index (χ4n) is 9.91. The highest BCUT2D eigenvalue weighted by Gasteiger charge is 2.24. The number of benzene rings is 10. The van der Waals surface area contributed by atoms with Crippen molar-refractivity contribution in [3.63, 3.8) is 0 Å². The first kappa shape index (κ1) is 36.2. The molecule has 2 heterocycles. The maximum Gasteiger partial charge on any atom is 0.164 e. The molecule has 0 saturated heterocycles. The van der Waals surface area contributed by atoms with Gasteiger partial charge < -0.3 is 4.42 Å². The number of furan rings is 1. The number of rotatable bonds is 6. The Bertz CT molecular complexity index is 3810. The summed E-state index contributed by atoms with van der Waals surface area (Å²) in [4.78, 5) is 16.1. The number of fused-ring (bicyclic) bond motifs is 8. The molecule has 12 aromatic rings. The average molecular weight is 816 g/mol. The van der Waals surface area contributed by atoms with Crippen LogP contribution >= 0.6 is 0 Å². The van der Waals surface area contributed by atoms with Crippen molar-refractivity contribution in [2.45, 2.75) is 6.42 Å². The van der Waals surface area contributed by atoms with Crippen LogP contribution < -0.4 is 0 Å². The lowest BCUT2D eigenvalue weighted by molar-refractivity contribution is 0.669. The predicted molar refractivity (Wildman–Crippen MR) is 263 cm³/mol. The fourth-order valence-corrected chi connectivity index (χ4v) is 9.91. The van der Waals surface area contributed by atoms with E-state index >= 15 is 0 Å². The normalized spacial score (nSPS) is 12.0. The van der Waals surface area contributed by atoms with Crippen LogP contribution in [-0.2, 0) is 6.42 Å². The van der Waals surface area contributed by atoms with Crippen molar-refractivity contribution in [2.75, 3.05) is 0 Å². The lowest BCUT2D eigenvalue weighted by Gasteiger charge is -2.16. The molecule has 2 aromatic heterocycles. The molecule has 298 valence electrons. The molecule has 0 N–H and O–H groups in total. The Morgan fingerprint density at radius 3 is 1.69 bits per heavy atom. The zero-order valence-electron chi connectivity index (χ0n) is 34.7. The van der Waals surface area contributed by atoms with Crippen LogP contribution in [0.25, 0.3) is 122 Å². The van der Waals surface area contributed by atoms with E-state index in [1.54, 1.807) is 0 Å². The van der Waals surface area contributed by atoms with Crippen LogP contribution in [-0.4, -0.2) is 15.0 Å². The molecule has 64 heavy (non-hydrogen) atoms. The third kappa shape index (κ3) is 5.95. The van der Waals surface area contributed by atoms with E-state index < -0.39 is 0 Å². The van der Waals surface area contributed by atoms with E-state index in [2.05, 4.69) is 206 Å². The summed E-state index contributed by atoms with van der Waals surface area (Å²) in [5.74, 6) is 1.86. The quantitative estimate of drug-likeness (QED) is 0.168. The second kappa shape index (κ2) is 14.6. The molecular weight excluding hydrogens is 779 g/mol. The largest absolute Gasteiger partial charge is 0.456 e. The van der Waals surface area contributed by atoms with Gasteiger partial charge in [-0.2, -0.15) is 0 Å². The molecule has 0 bridgehead atoms. The predicted octanol–water partition coefficient (Wildman–Crippen LogP) is 15.7. The zero-order valence-corrected chi connectivity index (χ0v) is 34.7. The van der Waals surface area contributed by atoms with Crippen molar-refractivity contribution in [3.8, 4) is 78.7 Å². The third-order valence-electron chi connectivity index (χ3n) is 13.0. The van der Waals surface area contributed by atoms with Gasteiger partial charge in [0.1, 0.15) is 11.2 Å². The number of nitrogens with zero attached hydrogens (tertiary/aromatic N) is 3. The first-order valence-electron chi connectivity index (χ1n) is 21.8. The summed E-state index contributed by atoms with van der Waals surface area (Å²) in [6.45, 7) is 0. The SMILES string of the molecule is c1ccc(-c2ccc(-c3nc(-c4ccccc4-c4cccc5c4-c4ccccc4C5)nc(-c4cccc5cccc(-c6ccc7oc8cc9ccccc9cc8c7c6)c45)n3)cc2)cc1. The Morgan fingerprint density at radius 2 is 0.859 bits per heavy atom. The van der Waals surface area contributed by atoms with Crippen LogP contribution in [0.1, 0.15) is 11.1 Å². The summed E-state index contributed by atoms with van der Waals surface area (Å²) in [5.41, 5.74) is 16.6. The number of hydrogen-bond donors (Lipinski definition) is 0. The van der Waals surface area contributed by atoms with E-state index in [1.807, 2.05) is 6.07 Å². The first-order valence-corrected chi connectivity index (χ1v) is 21.8. The Kier molecular flexibility index (Phi) is 8.25. The summed E-state index contributed by atoms with van der Waals surface area (Å²) in [6, 6.07) is 75.4. The Labute approximate surface area is 369 Å². The molecule has 0 atom stereocenters. The maximum absolute atomic E-state index is 6.43. The monoisotopic (exact) mass is 815 g/mol. The van der Waals surface area contributed by atoms with Crippen LogP contribution in [0, 0.1) is 0 Å². The topological polar surface area (TPSA) is 51.8 Å². The van der Waals surface area contributed by atoms with Crippen LogP contribution in [0.5, 0.6) is 0 Å². The molecule has 0 saturated carbocycles. The van der Waals surface area contributed by atoms with Gasteiger partial charge in [0.2, 0.25) is 0 Å². The smallest absolute Gasteiger partial charge is 0.164 e. The molecule has 1 aliphatic carbocycles. The second-order valence-corrected chi connectivity index (χ2v) is 16.7. The van der Waals surface area contributed by atoms with E-state index in [4.69, 9.17) is 19.4 Å². The minimum absolute atomic E-state index is 0.616. The summed E-state index contributed by atoms with van der Waals surface area (Å²) in [6.07, 6.45) is 0.921. The Hall–Kier alpha value is -8.47. The number of hydrogen-bond acceptors (Lipinski definition) is 4. The molecule has 4 nitrogen and oxygen atoms in total. The van der Waals surface area contributed by atoms with Gasteiger partial charge in [0, 0.05) is 32.8 Å². The lowest BCUT2D eigenvalue weighted by atomic mass is 9.91. The van der Waals surface area contributed by atoms with Gasteiger partial charge in [-0.25, -0.2) is 15.0 Å². The van der Waals surface area contributed by atoms with Gasteiger partial charge in [-0.3, -0.25) is 0 Å². The van der Waals surface area contributed by atoms with Crippen LogP contribution in [0.3, 0.4) is 0 Å². The minimum Gasteiger partial charge on any atom is -0.456 e. The van der Waals surface area contributed by atoms with Crippen molar-refractivity contribution >= 4 is 43.5 Å². The van der Waals surface area contributed by atoms with Crippen LogP contribution in [0.2, 0.25) is 0 Å². The number of aromatic nitrogens is 3. The highest BCUT2D eigenvalue weighted by Crippen LogP contribution is 2.46. The van der Waals surface area contributed by atoms with Gasteiger partial charge in [0.15, 0.2) is 17.5 Å². The molecule has 0 unspecified atom stereocenters. The lowest BCUT2D eigenvalue weighted by Crippen LogP contribution is -2.02. The van der Waals surface area contributed by atoms with E-state index in [0.29, 0.717) is 17.5 Å². The van der Waals surface area contributed by atoms with Gasteiger partial charge in [0.25, 0.3) is 0 Å². The Balaban J connectivity index is 1.02. The van der Waals surface area contributed by atoms with Gasteiger partial charge >= 0.3 is 0 Å². The zero-order chi connectivity index (χ0) is 42.1. The first-order chi connectivity index (χ1) is 31.7. The average Bonchev–Trinajstić information content (AvgIpc) is 3.93. The molecule has 0 fully saturated rings. The summed E-state index contributed by atoms with van der Waals surface area (Å²) in [5, 5.41) is 6.73. The molecular formula is C60H37N3O. The standard InChI is InChI=1S/C60H37N3O/c1-2-13-37(14-3-1)38-27-29-40(30-28-38)58-61-59(50-23-9-8-22-48(50)49-25-12-20-45-33-43-17-6-7-21-46(43)57(45)49)63-60(62-58)51-26-11-19-39-18-10-24-47(56(39)51)44-31-32-54-52(35-44)53-34-41-15-4-5-16-42(41)36-55(53)64-54/h1-32,34-36H,33H2. The van der Waals surface area contributed by atoms with Crippen LogP contribution in [0.15, 0.2) is 217 Å². The van der Waals surface area contributed by atoms with Crippen molar-refractivity contribution in [1.29, 1.82) is 0 Å². The van der Waals surface area contributed by atoms with Crippen molar-refractivity contribution in [3.05, 3.63) is 223 Å². The summed E-state index contributed by atoms with van der Waals surface area (Å²) < 4.78 is 6.43. The second-order valence-electron chi connectivity index (χ2n) is 16.7. The highest BCUT2D eigenvalue weighted by molar-refractivity contribution is 6.13. The molecule has 0 radical (unpaired) electrons.